The number of nitrogens with one attached hydrogen (secondary N) is 2. The Labute approximate surface area is 237 Å². The van der Waals surface area contributed by atoms with E-state index in [-0.39, 0.29) is 12.1 Å². The molecule has 2 N–H and O–H groups in total. The molecule has 1 aromatic carbocycles. The summed E-state index contributed by atoms with van der Waals surface area (Å²) in [5, 5.41) is 11.7. The predicted octanol–water partition coefficient (Wildman–Crippen LogP) is 3.97. The van der Waals surface area contributed by atoms with E-state index < -0.39 is 0 Å². The number of likely N-dealkylation sites (tertiary alicyclic amines) is 1. The quantitative estimate of drug-likeness (QED) is 0.340. The number of aromatic nitrogens is 5. The number of hydrogen-bond donors (Lipinski definition) is 2. The third-order valence-corrected chi connectivity index (χ3v) is 7.85. The van der Waals surface area contributed by atoms with Crippen LogP contribution in [0.4, 0.5) is 16.3 Å². The molecule has 3 aromatic heterocycles. The van der Waals surface area contributed by atoms with Gasteiger partial charge < -0.3 is 20.3 Å². The van der Waals surface area contributed by atoms with Crippen LogP contribution in [0.1, 0.15) is 24.4 Å². The average molecular weight is 562 g/mol. The Morgan fingerprint density at radius 3 is 2.58 bits per heavy atom. The van der Waals surface area contributed by atoms with Gasteiger partial charge in [0.25, 0.3) is 0 Å². The second kappa shape index (κ2) is 11.7. The normalized spacial score (nSPS) is 16.8. The summed E-state index contributed by atoms with van der Waals surface area (Å²) in [7, 11) is 1.59. The lowest BCUT2D eigenvalue weighted by Gasteiger charge is -2.32. The first-order chi connectivity index (χ1) is 19.6. The highest BCUT2D eigenvalue weighted by Crippen LogP contribution is 2.32. The molecule has 12 heteroatoms. The molecule has 11 nitrogen and oxygen atoms in total. The van der Waals surface area contributed by atoms with Gasteiger partial charge >= 0.3 is 6.03 Å². The average Bonchev–Trinajstić information content (AvgIpc) is 3.43. The SMILES string of the molecule is CNC(=O)Nc1ccc(-c2nc(N3CCOCC3)c3cnn(C4CCN(Cc5cccnc5Cl)CC4)c3n2)cc1. The van der Waals surface area contributed by atoms with Crippen LogP contribution >= 0.6 is 11.6 Å². The van der Waals surface area contributed by atoms with E-state index in [1.807, 2.05) is 42.6 Å². The van der Waals surface area contributed by atoms with Crippen LogP contribution in [0.3, 0.4) is 0 Å². The smallest absolute Gasteiger partial charge is 0.318 e. The summed E-state index contributed by atoms with van der Waals surface area (Å²) in [5.41, 5.74) is 3.46. The summed E-state index contributed by atoms with van der Waals surface area (Å²) in [4.78, 5) is 30.6. The van der Waals surface area contributed by atoms with E-state index in [0.717, 1.165) is 73.5 Å². The lowest BCUT2D eigenvalue weighted by Crippen LogP contribution is -2.37. The Kier molecular flexibility index (Phi) is 7.76. The van der Waals surface area contributed by atoms with E-state index in [0.29, 0.717) is 29.9 Å². The highest BCUT2D eigenvalue weighted by Gasteiger charge is 2.26. The number of anilines is 2. The number of carbonyl (C=O) groups is 1. The number of benzene rings is 1. The van der Waals surface area contributed by atoms with Gasteiger partial charge in [-0.25, -0.2) is 24.4 Å². The maximum absolute atomic E-state index is 11.7. The maximum atomic E-state index is 11.7. The van der Waals surface area contributed by atoms with Crippen LogP contribution < -0.4 is 15.5 Å². The molecule has 2 saturated heterocycles. The number of piperidine rings is 1. The van der Waals surface area contributed by atoms with Crippen molar-refractivity contribution in [3.8, 4) is 11.4 Å². The van der Waals surface area contributed by atoms with Gasteiger partial charge in [0.1, 0.15) is 11.0 Å². The van der Waals surface area contributed by atoms with Crippen molar-refractivity contribution >= 4 is 40.2 Å². The van der Waals surface area contributed by atoms with Crippen molar-refractivity contribution in [2.24, 2.45) is 0 Å². The molecule has 0 spiro atoms. The number of rotatable bonds is 6. The summed E-state index contributed by atoms with van der Waals surface area (Å²) in [5.74, 6) is 1.51. The molecule has 0 unspecified atom stereocenters. The molecule has 5 heterocycles. The number of nitrogens with zero attached hydrogens (tertiary/aromatic N) is 7. The maximum Gasteiger partial charge on any atom is 0.318 e. The van der Waals surface area contributed by atoms with Crippen molar-refractivity contribution in [1.29, 1.82) is 0 Å². The van der Waals surface area contributed by atoms with E-state index in [1.165, 1.54) is 0 Å². The van der Waals surface area contributed by atoms with Crippen molar-refractivity contribution in [2.75, 3.05) is 56.7 Å². The van der Waals surface area contributed by atoms with Gasteiger partial charge in [-0.05, 0) is 43.2 Å². The minimum atomic E-state index is -0.265. The zero-order valence-electron chi connectivity index (χ0n) is 22.4. The molecule has 0 bridgehead atoms. The third-order valence-electron chi connectivity index (χ3n) is 7.51. The van der Waals surface area contributed by atoms with Crippen LogP contribution in [0.2, 0.25) is 5.15 Å². The molecular formula is C28H32ClN9O2. The van der Waals surface area contributed by atoms with Crippen molar-refractivity contribution in [3.05, 3.63) is 59.5 Å². The number of carbonyl (C=O) groups excluding carboxylic acids is 1. The molecule has 2 aliphatic rings. The molecule has 0 atom stereocenters. The van der Waals surface area contributed by atoms with Gasteiger partial charge in [0.05, 0.1) is 30.8 Å². The number of fused-ring (bicyclic) bond motifs is 1. The highest BCUT2D eigenvalue weighted by atomic mass is 35.5. The van der Waals surface area contributed by atoms with Gasteiger partial charge in [-0.2, -0.15) is 5.10 Å². The van der Waals surface area contributed by atoms with Crippen molar-refractivity contribution < 1.29 is 9.53 Å². The number of halogens is 1. The first-order valence-corrected chi connectivity index (χ1v) is 14.0. The summed E-state index contributed by atoms with van der Waals surface area (Å²) < 4.78 is 7.68. The van der Waals surface area contributed by atoms with Crippen LogP contribution in [-0.2, 0) is 11.3 Å². The summed E-state index contributed by atoms with van der Waals surface area (Å²) >= 11 is 6.30. The molecule has 0 radical (unpaired) electrons. The van der Waals surface area contributed by atoms with E-state index in [2.05, 4.69) is 30.1 Å². The molecule has 2 amide bonds. The Hall–Kier alpha value is -3.80. The summed E-state index contributed by atoms with van der Waals surface area (Å²) in [6.07, 6.45) is 5.54. The number of hydrogen-bond acceptors (Lipinski definition) is 8. The topological polar surface area (TPSA) is 113 Å². The van der Waals surface area contributed by atoms with Gasteiger partial charge in [0.2, 0.25) is 0 Å². The first-order valence-electron chi connectivity index (χ1n) is 13.6. The van der Waals surface area contributed by atoms with E-state index in [1.54, 1.807) is 13.2 Å². The number of urea groups is 1. The Bertz CT molecular complexity index is 1480. The minimum absolute atomic E-state index is 0.234. The van der Waals surface area contributed by atoms with Crippen molar-refractivity contribution in [3.63, 3.8) is 0 Å². The van der Waals surface area contributed by atoms with Crippen molar-refractivity contribution in [1.82, 2.24) is 34.9 Å². The summed E-state index contributed by atoms with van der Waals surface area (Å²) in [6, 6.07) is 11.5. The van der Waals surface area contributed by atoms with Gasteiger partial charge in [-0.1, -0.05) is 17.7 Å². The van der Waals surface area contributed by atoms with Crippen LogP contribution in [0.5, 0.6) is 0 Å². The summed E-state index contributed by atoms with van der Waals surface area (Å²) in [6.45, 7) is 5.51. The van der Waals surface area contributed by atoms with Crippen LogP contribution in [0.15, 0.2) is 48.8 Å². The Morgan fingerprint density at radius 2 is 1.85 bits per heavy atom. The van der Waals surface area contributed by atoms with E-state index in [9.17, 15) is 4.79 Å². The lowest BCUT2D eigenvalue weighted by atomic mass is 10.0. The third kappa shape index (κ3) is 5.58. The molecule has 4 aromatic rings. The molecule has 40 heavy (non-hydrogen) atoms. The largest absolute Gasteiger partial charge is 0.378 e. The Balaban J connectivity index is 1.28. The van der Waals surface area contributed by atoms with Gasteiger partial charge in [0.15, 0.2) is 11.5 Å². The van der Waals surface area contributed by atoms with Gasteiger partial charge in [-0.3, -0.25) is 4.90 Å². The molecule has 0 aliphatic carbocycles. The molecular weight excluding hydrogens is 530 g/mol. The minimum Gasteiger partial charge on any atom is -0.378 e. The molecule has 2 aliphatic heterocycles. The monoisotopic (exact) mass is 561 g/mol. The number of pyridine rings is 1. The van der Waals surface area contributed by atoms with E-state index in [4.69, 9.17) is 31.4 Å². The van der Waals surface area contributed by atoms with Crippen LogP contribution in [-0.4, -0.2) is 82.1 Å². The first kappa shape index (κ1) is 26.4. The van der Waals surface area contributed by atoms with E-state index >= 15 is 0 Å². The molecule has 2 fully saturated rings. The lowest BCUT2D eigenvalue weighted by molar-refractivity contribution is 0.122. The van der Waals surface area contributed by atoms with Gasteiger partial charge in [-0.15, -0.1) is 0 Å². The highest BCUT2D eigenvalue weighted by molar-refractivity contribution is 6.30. The number of amides is 2. The fourth-order valence-electron chi connectivity index (χ4n) is 5.32. The molecule has 0 saturated carbocycles. The number of morpholine rings is 1. The fourth-order valence-corrected chi connectivity index (χ4v) is 5.50. The second-order valence-corrected chi connectivity index (χ2v) is 10.4. The zero-order chi connectivity index (χ0) is 27.5. The van der Waals surface area contributed by atoms with Gasteiger partial charge in [0, 0.05) is 62.8 Å². The second-order valence-electron chi connectivity index (χ2n) is 10.0. The Morgan fingerprint density at radius 1 is 1.07 bits per heavy atom. The fraction of sp³-hybridized carbons (Fsp3) is 0.393. The van der Waals surface area contributed by atoms with Crippen LogP contribution in [0.25, 0.3) is 22.4 Å². The molecule has 6 rings (SSSR count). The van der Waals surface area contributed by atoms with Crippen molar-refractivity contribution in [2.45, 2.75) is 25.4 Å². The number of ether oxygens (including phenoxy) is 1. The predicted molar refractivity (Wildman–Crippen MR) is 155 cm³/mol. The molecule has 208 valence electrons. The van der Waals surface area contributed by atoms with Crippen LogP contribution in [0, 0.1) is 0 Å². The zero-order valence-corrected chi connectivity index (χ0v) is 23.1. The standard InChI is InChI=1S/C28H32ClN9O2/c1-30-28(39)33-21-6-4-19(5-7-21)25-34-26(37-13-15-40-16-14-37)23-17-32-38(27(23)35-25)22-8-11-36(12-9-22)18-20-3-2-10-31-24(20)29/h2-7,10,17,22H,8-9,11-16,18H2,1H3,(H2,30,33,39).